The van der Waals surface area contributed by atoms with Gasteiger partial charge in [0.05, 0.1) is 20.3 Å². The van der Waals surface area contributed by atoms with E-state index in [4.69, 9.17) is 9.47 Å². The number of methoxy groups -OCH3 is 2. The molecule has 0 spiro atoms. The third-order valence-corrected chi connectivity index (χ3v) is 3.24. The van der Waals surface area contributed by atoms with E-state index in [9.17, 15) is 0 Å². The van der Waals surface area contributed by atoms with Crippen LogP contribution in [-0.4, -0.2) is 30.2 Å². The van der Waals surface area contributed by atoms with Gasteiger partial charge in [-0.05, 0) is 18.8 Å². The van der Waals surface area contributed by atoms with Gasteiger partial charge in [-0.2, -0.15) is 9.97 Å². The van der Waals surface area contributed by atoms with Crippen molar-refractivity contribution >= 4 is 5.95 Å². The molecule has 5 nitrogen and oxygen atoms in total. The summed E-state index contributed by atoms with van der Waals surface area (Å²) < 4.78 is 10.3. The van der Waals surface area contributed by atoms with E-state index in [1.165, 1.54) is 19.3 Å². The number of ether oxygens (including phenoxy) is 2. The number of anilines is 1. The number of nitrogens with one attached hydrogen (secondary N) is 1. The van der Waals surface area contributed by atoms with E-state index < -0.39 is 0 Å². The van der Waals surface area contributed by atoms with Crippen molar-refractivity contribution in [1.82, 2.24) is 9.97 Å². The van der Waals surface area contributed by atoms with Crippen molar-refractivity contribution in [2.75, 3.05) is 19.5 Å². The topological polar surface area (TPSA) is 56.3 Å². The lowest BCUT2D eigenvalue weighted by atomic mass is 10.1. The lowest BCUT2D eigenvalue weighted by Gasteiger charge is -2.17. The summed E-state index contributed by atoms with van der Waals surface area (Å²) in [4.78, 5) is 8.58. The highest BCUT2D eigenvalue weighted by Crippen LogP contribution is 2.34. The second-order valence-electron chi connectivity index (χ2n) is 4.70. The SMILES string of the molecule is CCC(CC1CC1)Nc1nc(OC)cc(OC)n1. The molecule has 1 saturated carbocycles. The minimum Gasteiger partial charge on any atom is -0.481 e. The molecule has 1 aromatic heterocycles. The average Bonchev–Trinajstić information content (AvgIpc) is 3.21. The standard InChI is InChI=1S/C13H21N3O2/c1-4-10(7-9-5-6-9)14-13-15-11(17-2)8-12(16-13)18-3/h8-10H,4-7H2,1-3H3,(H,14,15,16). The summed E-state index contributed by atoms with van der Waals surface area (Å²) in [5.74, 6) is 2.50. The summed E-state index contributed by atoms with van der Waals surface area (Å²) in [7, 11) is 3.18. The molecule has 0 bridgehead atoms. The molecule has 18 heavy (non-hydrogen) atoms. The van der Waals surface area contributed by atoms with Gasteiger partial charge in [0, 0.05) is 6.04 Å². The lowest BCUT2D eigenvalue weighted by Crippen LogP contribution is -2.21. The van der Waals surface area contributed by atoms with E-state index in [0.717, 1.165) is 12.3 Å². The molecule has 1 aromatic rings. The second kappa shape index (κ2) is 5.89. The summed E-state index contributed by atoms with van der Waals surface area (Å²) in [6, 6.07) is 2.10. The first kappa shape index (κ1) is 12.9. The molecule has 0 amide bonds. The Hall–Kier alpha value is -1.52. The average molecular weight is 251 g/mol. The maximum Gasteiger partial charge on any atom is 0.229 e. The summed E-state index contributed by atoms with van der Waals surface area (Å²) in [6.07, 6.45) is 4.99. The zero-order chi connectivity index (χ0) is 13.0. The third-order valence-electron chi connectivity index (χ3n) is 3.24. The predicted molar refractivity (Wildman–Crippen MR) is 70.2 cm³/mol. The van der Waals surface area contributed by atoms with Crippen molar-refractivity contribution in [1.29, 1.82) is 0 Å². The van der Waals surface area contributed by atoms with Crippen LogP contribution < -0.4 is 14.8 Å². The molecule has 1 aliphatic rings. The van der Waals surface area contributed by atoms with Crippen LogP contribution in [0.2, 0.25) is 0 Å². The van der Waals surface area contributed by atoms with Crippen LogP contribution in [0.3, 0.4) is 0 Å². The number of rotatable bonds is 7. The molecule has 1 aliphatic carbocycles. The smallest absolute Gasteiger partial charge is 0.229 e. The van der Waals surface area contributed by atoms with Crippen molar-refractivity contribution in [3.63, 3.8) is 0 Å². The van der Waals surface area contributed by atoms with Crippen LogP contribution in [0.15, 0.2) is 6.07 Å². The quantitative estimate of drug-likeness (QED) is 0.806. The van der Waals surface area contributed by atoms with E-state index in [-0.39, 0.29) is 0 Å². The number of hydrogen-bond acceptors (Lipinski definition) is 5. The van der Waals surface area contributed by atoms with Crippen LogP contribution in [0.1, 0.15) is 32.6 Å². The molecule has 0 saturated heterocycles. The first-order valence-corrected chi connectivity index (χ1v) is 6.48. The van der Waals surface area contributed by atoms with Crippen molar-refractivity contribution in [3.8, 4) is 11.8 Å². The summed E-state index contributed by atoms with van der Waals surface area (Å²) in [5.41, 5.74) is 0. The van der Waals surface area contributed by atoms with E-state index in [0.29, 0.717) is 23.8 Å². The van der Waals surface area contributed by atoms with Crippen molar-refractivity contribution in [2.45, 2.75) is 38.6 Å². The molecule has 0 radical (unpaired) electrons. The van der Waals surface area contributed by atoms with Gasteiger partial charge in [0.15, 0.2) is 0 Å². The molecule has 1 unspecified atom stereocenters. The minimum absolute atomic E-state index is 0.425. The monoisotopic (exact) mass is 251 g/mol. The van der Waals surface area contributed by atoms with E-state index in [1.54, 1.807) is 20.3 Å². The fraction of sp³-hybridized carbons (Fsp3) is 0.692. The number of aromatic nitrogens is 2. The molecule has 1 atom stereocenters. The van der Waals surface area contributed by atoms with Crippen LogP contribution in [0, 0.1) is 5.92 Å². The molecule has 1 fully saturated rings. The van der Waals surface area contributed by atoms with Crippen LogP contribution in [0.25, 0.3) is 0 Å². The molecule has 0 aromatic carbocycles. The fourth-order valence-corrected chi connectivity index (χ4v) is 1.94. The highest BCUT2D eigenvalue weighted by molar-refractivity contribution is 5.34. The highest BCUT2D eigenvalue weighted by atomic mass is 16.5. The van der Waals surface area contributed by atoms with Gasteiger partial charge >= 0.3 is 0 Å². The molecular formula is C13H21N3O2. The van der Waals surface area contributed by atoms with Crippen molar-refractivity contribution in [2.24, 2.45) is 5.92 Å². The number of nitrogens with zero attached hydrogens (tertiary/aromatic N) is 2. The Morgan fingerprint density at radius 1 is 1.28 bits per heavy atom. The van der Waals surface area contributed by atoms with Gasteiger partial charge in [0.1, 0.15) is 0 Å². The Morgan fingerprint density at radius 2 is 1.89 bits per heavy atom. The van der Waals surface area contributed by atoms with Crippen LogP contribution in [0.5, 0.6) is 11.8 Å². The second-order valence-corrected chi connectivity index (χ2v) is 4.70. The molecule has 5 heteroatoms. The van der Waals surface area contributed by atoms with Crippen LogP contribution in [0.4, 0.5) is 5.95 Å². The predicted octanol–water partition coefficient (Wildman–Crippen LogP) is 2.48. The van der Waals surface area contributed by atoms with Crippen LogP contribution >= 0.6 is 0 Å². The Kier molecular flexibility index (Phi) is 4.23. The van der Waals surface area contributed by atoms with Crippen molar-refractivity contribution < 1.29 is 9.47 Å². The Balaban J connectivity index is 2.05. The summed E-state index contributed by atoms with van der Waals surface area (Å²) >= 11 is 0. The van der Waals surface area contributed by atoms with Crippen molar-refractivity contribution in [3.05, 3.63) is 6.07 Å². The molecule has 1 heterocycles. The maximum atomic E-state index is 5.13. The van der Waals surface area contributed by atoms with Gasteiger partial charge in [-0.1, -0.05) is 19.8 Å². The molecule has 0 aliphatic heterocycles. The first-order valence-electron chi connectivity index (χ1n) is 6.48. The zero-order valence-electron chi connectivity index (χ0n) is 11.3. The Labute approximate surface area is 108 Å². The van der Waals surface area contributed by atoms with E-state index in [2.05, 4.69) is 22.2 Å². The minimum atomic E-state index is 0.425. The fourth-order valence-electron chi connectivity index (χ4n) is 1.94. The van der Waals surface area contributed by atoms with Gasteiger partial charge in [0.25, 0.3) is 0 Å². The molecule has 100 valence electrons. The van der Waals surface area contributed by atoms with Gasteiger partial charge in [-0.15, -0.1) is 0 Å². The van der Waals surface area contributed by atoms with E-state index in [1.807, 2.05) is 0 Å². The maximum absolute atomic E-state index is 5.13. The van der Waals surface area contributed by atoms with E-state index >= 15 is 0 Å². The lowest BCUT2D eigenvalue weighted by molar-refractivity contribution is 0.372. The zero-order valence-corrected chi connectivity index (χ0v) is 11.3. The largest absolute Gasteiger partial charge is 0.481 e. The molecule has 1 N–H and O–H groups in total. The van der Waals surface area contributed by atoms with Gasteiger partial charge in [-0.25, -0.2) is 0 Å². The van der Waals surface area contributed by atoms with Crippen LogP contribution in [-0.2, 0) is 0 Å². The Bertz CT molecular complexity index is 372. The van der Waals surface area contributed by atoms with Gasteiger partial charge in [-0.3, -0.25) is 0 Å². The Morgan fingerprint density at radius 3 is 2.33 bits per heavy atom. The highest BCUT2D eigenvalue weighted by Gasteiger charge is 2.25. The first-order chi connectivity index (χ1) is 8.75. The van der Waals surface area contributed by atoms with Gasteiger partial charge < -0.3 is 14.8 Å². The molecule has 2 rings (SSSR count). The molecular weight excluding hydrogens is 230 g/mol. The third kappa shape index (κ3) is 3.48. The number of hydrogen-bond donors (Lipinski definition) is 1. The summed E-state index contributed by atoms with van der Waals surface area (Å²) in [5, 5.41) is 3.37. The normalized spacial score (nSPS) is 16.2. The van der Waals surface area contributed by atoms with Gasteiger partial charge in [0.2, 0.25) is 17.7 Å². The summed E-state index contributed by atoms with van der Waals surface area (Å²) in [6.45, 7) is 2.18.